The molecule has 3 unspecified atom stereocenters. The highest BCUT2D eigenvalue weighted by Crippen LogP contribution is 2.35. The lowest BCUT2D eigenvalue weighted by atomic mass is 9.78. The first-order valence-electron chi connectivity index (χ1n) is 7.29. The standard InChI is InChI=1S/C16H23NO/c17-15-8-2-1-3-9-16(15)18-11-13-10-12-6-4-5-7-14(12)13/h4-7,13,15-16H,1-3,8-11,17H2. The predicted molar refractivity (Wildman–Crippen MR) is 73.7 cm³/mol. The number of hydrogen-bond donors (Lipinski definition) is 1. The summed E-state index contributed by atoms with van der Waals surface area (Å²) in [6.45, 7) is 0.857. The molecular weight excluding hydrogens is 222 g/mol. The Morgan fingerprint density at radius 3 is 2.83 bits per heavy atom. The Balaban J connectivity index is 1.53. The molecule has 98 valence electrons. The molecule has 18 heavy (non-hydrogen) atoms. The van der Waals surface area contributed by atoms with Gasteiger partial charge >= 0.3 is 0 Å². The van der Waals surface area contributed by atoms with Gasteiger partial charge in [0.1, 0.15) is 0 Å². The molecule has 0 radical (unpaired) electrons. The molecule has 2 N–H and O–H groups in total. The Hall–Kier alpha value is -0.860. The van der Waals surface area contributed by atoms with Crippen molar-refractivity contribution in [3.8, 4) is 0 Å². The van der Waals surface area contributed by atoms with Crippen LogP contribution in [0.2, 0.25) is 0 Å². The van der Waals surface area contributed by atoms with Crippen LogP contribution in [-0.4, -0.2) is 18.8 Å². The van der Waals surface area contributed by atoms with Crippen molar-refractivity contribution in [3.63, 3.8) is 0 Å². The Kier molecular flexibility index (Phi) is 3.67. The van der Waals surface area contributed by atoms with Gasteiger partial charge < -0.3 is 10.5 Å². The number of benzene rings is 1. The average molecular weight is 245 g/mol. The first-order chi connectivity index (χ1) is 8.84. The normalized spacial score (nSPS) is 31.3. The first-order valence-corrected chi connectivity index (χ1v) is 7.29. The Bertz CT molecular complexity index is 404. The van der Waals surface area contributed by atoms with Crippen LogP contribution >= 0.6 is 0 Å². The van der Waals surface area contributed by atoms with E-state index in [-0.39, 0.29) is 6.04 Å². The van der Waals surface area contributed by atoms with Gasteiger partial charge in [0.2, 0.25) is 0 Å². The van der Waals surface area contributed by atoms with E-state index < -0.39 is 0 Å². The van der Waals surface area contributed by atoms with E-state index in [0.717, 1.165) is 19.4 Å². The molecule has 1 fully saturated rings. The van der Waals surface area contributed by atoms with E-state index in [1.165, 1.54) is 36.8 Å². The minimum atomic E-state index is 0.253. The van der Waals surface area contributed by atoms with Gasteiger partial charge in [-0.15, -0.1) is 0 Å². The molecule has 1 aromatic carbocycles. The lowest BCUT2D eigenvalue weighted by Crippen LogP contribution is -2.37. The maximum atomic E-state index is 6.19. The lowest BCUT2D eigenvalue weighted by Gasteiger charge is -2.32. The number of rotatable bonds is 3. The zero-order chi connectivity index (χ0) is 12.4. The van der Waals surface area contributed by atoms with Crippen LogP contribution in [0.1, 0.15) is 49.1 Å². The summed E-state index contributed by atoms with van der Waals surface area (Å²) in [5.74, 6) is 0.608. The summed E-state index contributed by atoms with van der Waals surface area (Å²) < 4.78 is 6.11. The second kappa shape index (κ2) is 5.41. The van der Waals surface area contributed by atoms with Gasteiger partial charge in [-0.05, 0) is 30.4 Å². The van der Waals surface area contributed by atoms with Crippen LogP contribution in [0, 0.1) is 0 Å². The van der Waals surface area contributed by atoms with E-state index >= 15 is 0 Å². The smallest absolute Gasteiger partial charge is 0.0726 e. The maximum Gasteiger partial charge on any atom is 0.0726 e. The van der Waals surface area contributed by atoms with Crippen LogP contribution in [0.3, 0.4) is 0 Å². The summed E-state index contributed by atoms with van der Waals surface area (Å²) in [6, 6.07) is 8.96. The Morgan fingerprint density at radius 1 is 1.11 bits per heavy atom. The van der Waals surface area contributed by atoms with Gasteiger partial charge in [0.05, 0.1) is 12.7 Å². The SMILES string of the molecule is NC1CCCCCC1OCC1Cc2ccccc21. The third-order valence-corrected chi connectivity index (χ3v) is 4.48. The van der Waals surface area contributed by atoms with E-state index in [4.69, 9.17) is 10.5 Å². The van der Waals surface area contributed by atoms with Crippen molar-refractivity contribution in [2.45, 2.75) is 56.6 Å². The number of ether oxygens (including phenoxy) is 1. The van der Waals surface area contributed by atoms with Crippen molar-refractivity contribution in [2.24, 2.45) is 5.73 Å². The fraction of sp³-hybridized carbons (Fsp3) is 0.625. The highest BCUT2D eigenvalue weighted by atomic mass is 16.5. The molecule has 0 amide bonds. The molecule has 0 saturated heterocycles. The van der Waals surface area contributed by atoms with Gasteiger partial charge in [-0.25, -0.2) is 0 Å². The first kappa shape index (κ1) is 12.2. The van der Waals surface area contributed by atoms with Crippen LogP contribution in [0.4, 0.5) is 0 Å². The molecule has 2 heteroatoms. The maximum absolute atomic E-state index is 6.19. The van der Waals surface area contributed by atoms with Crippen LogP contribution in [-0.2, 0) is 11.2 Å². The van der Waals surface area contributed by atoms with Gasteiger partial charge in [-0.2, -0.15) is 0 Å². The molecule has 1 aromatic rings. The fourth-order valence-corrected chi connectivity index (χ4v) is 3.26. The van der Waals surface area contributed by atoms with Gasteiger partial charge in [0.25, 0.3) is 0 Å². The van der Waals surface area contributed by atoms with Crippen LogP contribution in [0.15, 0.2) is 24.3 Å². The van der Waals surface area contributed by atoms with Gasteiger partial charge in [-0.3, -0.25) is 0 Å². The molecule has 0 spiro atoms. The molecule has 3 atom stereocenters. The highest BCUT2D eigenvalue weighted by molar-refractivity contribution is 5.39. The van der Waals surface area contributed by atoms with Gasteiger partial charge in [-0.1, -0.05) is 43.5 Å². The largest absolute Gasteiger partial charge is 0.376 e. The molecule has 1 saturated carbocycles. The number of hydrogen-bond acceptors (Lipinski definition) is 2. The van der Waals surface area contributed by atoms with E-state index in [9.17, 15) is 0 Å². The molecule has 0 heterocycles. The molecule has 0 aromatic heterocycles. The summed E-state index contributed by atoms with van der Waals surface area (Å²) >= 11 is 0. The van der Waals surface area contributed by atoms with Crippen LogP contribution in [0.25, 0.3) is 0 Å². The fourth-order valence-electron chi connectivity index (χ4n) is 3.26. The van der Waals surface area contributed by atoms with Crippen LogP contribution in [0.5, 0.6) is 0 Å². The Morgan fingerprint density at radius 2 is 1.94 bits per heavy atom. The molecule has 0 aliphatic heterocycles. The topological polar surface area (TPSA) is 35.2 Å². The average Bonchev–Trinajstić information content (AvgIpc) is 2.56. The lowest BCUT2D eigenvalue weighted by molar-refractivity contribution is 0.0196. The number of fused-ring (bicyclic) bond motifs is 1. The molecule has 2 nitrogen and oxygen atoms in total. The molecule has 3 rings (SSSR count). The molecule has 2 aliphatic carbocycles. The zero-order valence-electron chi connectivity index (χ0n) is 11.0. The summed E-state index contributed by atoms with van der Waals surface area (Å²) in [7, 11) is 0. The van der Waals surface area contributed by atoms with Crippen molar-refractivity contribution in [3.05, 3.63) is 35.4 Å². The van der Waals surface area contributed by atoms with E-state index in [2.05, 4.69) is 24.3 Å². The van der Waals surface area contributed by atoms with Gasteiger partial charge in [0.15, 0.2) is 0 Å². The van der Waals surface area contributed by atoms with Crippen molar-refractivity contribution in [2.75, 3.05) is 6.61 Å². The summed E-state index contributed by atoms with van der Waals surface area (Å²) in [5.41, 5.74) is 9.18. The minimum Gasteiger partial charge on any atom is -0.376 e. The van der Waals surface area contributed by atoms with Crippen LogP contribution < -0.4 is 5.73 Å². The number of nitrogens with two attached hydrogens (primary N) is 1. The van der Waals surface area contributed by atoms with Gasteiger partial charge in [0, 0.05) is 12.0 Å². The van der Waals surface area contributed by atoms with E-state index in [1.807, 2.05) is 0 Å². The van der Waals surface area contributed by atoms with Crippen molar-refractivity contribution < 1.29 is 4.74 Å². The molecule has 0 bridgehead atoms. The predicted octanol–water partition coefficient (Wildman–Crippen LogP) is 3.00. The van der Waals surface area contributed by atoms with E-state index in [1.54, 1.807) is 0 Å². The summed E-state index contributed by atoms with van der Waals surface area (Å²) in [5, 5.41) is 0. The van der Waals surface area contributed by atoms with Crippen molar-refractivity contribution in [1.82, 2.24) is 0 Å². The summed E-state index contributed by atoms with van der Waals surface area (Å²) in [6.07, 6.45) is 7.62. The van der Waals surface area contributed by atoms with Crippen molar-refractivity contribution >= 4 is 0 Å². The minimum absolute atomic E-state index is 0.253. The second-order valence-electron chi connectivity index (χ2n) is 5.77. The third kappa shape index (κ3) is 2.45. The third-order valence-electron chi connectivity index (χ3n) is 4.48. The molecular formula is C16H23NO. The van der Waals surface area contributed by atoms with E-state index in [0.29, 0.717) is 12.0 Å². The zero-order valence-corrected chi connectivity index (χ0v) is 11.0. The van der Waals surface area contributed by atoms with Crippen molar-refractivity contribution in [1.29, 1.82) is 0 Å². The molecule has 2 aliphatic rings. The quantitative estimate of drug-likeness (QED) is 0.831. The second-order valence-corrected chi connectivity index (χ2v) is 5.77. The highest BCUT2D eigenvalue weighted by Gasteiger charge is 2.28. The Labute approximate surface area is 110 Å². The monoisotopic (exact) mass is 245 g/mol. The summed E-state index contributed by atoms with van der Waals surface area (Å²) in [4.78, 5) is 0.